The Bertz CT molecular complexity index is 1190. The molecule has 0 radical (unpaired) electrons. The van der Waals surface area contributed by atoms with Gasteiger partial charge in [-0.3, -0.25) is 9.98 Å². The number of allylic oxidation sites excluding steroid dienone is 11. The highest BCUT2D eigenvalue weighted by molar-refractivity contribution is 7.80. The van der Waals surface area contributed by atoms with E-state index in [4.69, 9.17) is 23.4 Å². The second-order valence-corrected chi connectivity index (χ2v) is 8.73. The number of nitrogens with one attached hydrogen (secondary N) is 1. The lowest BCUT2D eigenvalue weighted by Gasteiger charge is -2.18. The Balaban J connectivity index is 2.75. The van der Waals surface area contributed by atoms with Gasteiger partial charge in [0.05, 0.1) is 0 Å². The second kappa shape index (κ2) is 13.5. The van der Waals surface area contributed by atoms with Crippen molar-refractivity contribution in [2.45, 2.75) is 45.9 Å². The fourth-order valence-electron chi connectivity index (χ4n) is 4.17. The summed E-state index contributed by atoms with van der Waals surface area (Å²) in [5.74, 6) is 0. The molecule has 0 amide bonds. The Morgan fingerprint density at radius 2 is 1.91 bits per heavy atom. The molecule has 4 nitrogen and oxygen atoms in total. The number of nitrogens with two attached hydrogens (primary N) is 1. The minimum absolute atomic E-state index is 0.849. The van der Waals surface area contributed by atoms with Crippen LogP contribution in [0.25, 0.3) is 5.57 Å². The Kier molecular flexibility index (Phi) is 10.8. The highest BCUT2D eigenvalue weighted by Crippen LogP contribution is 2.32. The van der Waals surface area contributed by atoms with Crippen LogP contribution in [-0.4, -0.2) is 26.5 Å². The maximum atomic E-state index is 5.90. The van der Waals surface area contributed by atoms with Crippen molar-refractivity contribution in [1.82, 2.24) is 5.32 Å². The molecule has 1 aromatic rings. The number of nitrogens with zero attached hydrogens (tertiary/aromatic N) is 2. The number of thiol groups is 1. The highest BCUT2D eigenvalue weighted by atomic mass is 32.1. The first-order chi connectivity index (χ1) is 16.8. The predicted molar refractivity (Wildman–Crippen MR) is 157 cm³/mol. The van der Waals surface area contributed by atoms with Gasteiger partial charge in [0.2, 0.25) is 0 Å². The number of hydrogen-bond acceptors (Lipinski definition) is 5. The lowest BCUT2D eigenvalue weighted by molar-refractivity contribution is 1.00. The number of aliphatic imine (C=N–C) groups is 2. The van der Waals surface area contributed by atoms with Gasteiger partial charge in [-0.1, -0.05) is 43.4 Å². The number of rotatable bonds is 8. The van der Waals surface area contributed by atoms with Gasteiger partial charge in [0.25, 0.3) is 0 Å². The summed E-state index contributed by atoms with van der Waals surface area (Å²) in [6.45, 7) is 10.4. The zero-order chi connectivity index (χ0) is 26.0. The van der Waals surface area contributed by atoms with E-state index in [0.717, 1.165) is 61.7 Å². The summed E-state index contributed by atoms with van der Waals surface area (Å²) in [6.07, 6.45) is 17.0. The van der Waals surface area contributed by atoms with Crippen LogP contribution in [0.3, 0.4) is 0 Å². The van der Waals surface area contributed by atoms with Gasteiger partial charge in [0.1, 0.15) is 0 Å². The third-order valence-electron chi connectivity index (χ3n) is 5.83. The van der Waals surface area contributed by atoms with Crippen LogP contribution in [0.5, 0.6) is 0 Å². The van der Waals surface area contributed by atoms with Crippen LogP contribution in [0.15, 0.2) is 109 Å². The maximum Gasteiger partial charge on any atom is 0.0454 e. The summed E-state index contributed by atoms with van der Waals surface area (Å²) in [7, 11) is 3.68. The van der Waals surface area contributed by atoms with E-state index in [9.17, 15) is 0 Å². The van der Waals surface area contributed by atoms with Crippen LogP contribution in [0.2, 0.25) is 0 Å². The molecule has 0 aromatic heterocycles. The molecule has 0 unspecified atom stereocenters. The summed E-state index contributed by atoms with van der Waals surface area (Å²) in [5, 5.41) is 3.36. The summed E-state index contributed by atoms with van der Waals surface area (Å²) < 4.78 is 0. The van der Waals surface area contributed by atoms with Crippen LogP contribution in [0.1, 0.15) is 45.2 Å². The van der Waals surface area contributed by atoms with Gasteiger partial charge in [-0.15, -0.1) is 12.6 Å². The van der Waals surface area contributed by atoms with Crippen molar-refractivity contribution in [2.75, 3.05) is 14.1 Å². The van der Waals surface area contributed by atoms with E-state index >= 15 is 0 Å². The van der Waals surface area contributed by atoms with Crippen molar-refractivity contribution >= 4 is 30.6 Å². The van der Waals surface area contributed by atoms with Gasteiger partial charge < -0.3 is 11.1 Å². The number of hydrogen-bond donors (Lipinski definition) is 3. The van der Waals surface area contributed by atoms with Crippen molar-refractivity contribution in [3.05, 3.63) is 105 Å². The quantitative estimate of drug-likeness (QED) is 0.213. The SMILES string of the molecule is C\C=C(NC)/C(=C\C(=C\CC)c1c(C)cccc1S)C1=C/C=C(C)/C(C(/C=NC)=C/N)=C(C)\N=C\1. The predicted octanol–water partition coefficient (Wildman–Crippen LogP) is 6.90. The molecule has 5 heteroatoms. The monoisotopic (exact) mass is 486 g/mol. The summed E-state index contributed by atoms with van der Waals surface area (Å²) in [4.78, 5) is 9.95. The van der Waals surface area contributed by atoms with Crippen LogP contribution in [0.4, 0.5) is 0 Å². The minimum Gasteiger partial charge on any atom is -0.404 e. The van der Waals surface area contributed by atoms with Crippen molar-refractivity contribution in [2.24, 2.45) is 15.7 Å². The average Bonchev–Trinajstić information content (AvgIpc) is 2.83. The van der Waals surface area contributed by atoms with Gasteiger partial charge in [-0.25, -0.2) is 0 Å². The van der Waals surface area contributed by atoms with Crippen molar-refractivity contribution in [1.29, 1.82) is 0 Å². The topological polar surface area (TPSA) is 62.8 Å². The van der Waals surface area contributed by atoms with Crippen molar-refractivity contribution in [3.8, 4) is 0 Å². The summed E-state index contributed by atoms with van der Waals surface area (Å²) in [5.41, 5.74) is 16.2. The summed E-state index contributed by atoms with van der Waals surface area (Å²) in [6, 6.07) is 6.20. The molecule has 1 aliphatic heterocycles. The second-order valence-electron chi connectivity index (χ2n) is 8.25. The molecule has 35 heavy (non-hydrogen) atoms. The molecule has 0 saturated carbocycles. The zero-order valence-corrected chi connectivity index (χ0v) is 22.9. The average molecular weight is 487 g/mol. The first kappa shape index (κ1) is 27.9. The van der Waals surface area contributed by atoms with Crippen LogP contribution >= 0.6 is 12.6 Å². The number of aryl methyl sites for hydroxylation is 1. The largest absolute Gasteiger partial charge is 0.404 e. The van der Waals surface area contributed by atoms with Gasteiger partial charge >= 0.3 is 0 Å². The standard InChI is InChI=1S/C30H38N4S/c1-8-11-23(30-20(3)12-10-13-28(30)35)16-26(27(9-2)33-7)24-15-14-21(4)29(22(5)34-19-24)25(17-31)18-32-6/h9-19,33,35H,8,31H2,1-7H3/b15-14?,21-14+,23-11-,24-15+,24-19?,25-17+,26-16-,27-9+,29-21?,29-22+,32-18?,34-19+,34-22?. The normalized spacial score (nSPS) is 22.3. The van der Waals surface area contributed by atoms with Gasteiger partial charge in [0.15, 0.2) is 0 Å². The molecule has 0 spiro atoms. The van der Waals surface area contributed by atoms with E-state index in [0.29, 0.717) is 0 Å². The van der Waals surface area contributed by atoms with Crippen LogP contribution in [-0.2, 0) is 0 Å². The lowest BCUT2D eigenvalue weighted by atomic mass is 9.92. The minimum atomic E-state index is 0.849. The third-order valence-corrected chi connectivity index (χ3v) is 6.20. The molecule has 0 fully saturated rings. The first-order valence-electron chi connectivity index (χ1n) is 11.9. The molecule has 3 N–H and O–H groups in total. The van der Waals surface area contributed by atoms with E-state index in [2.05, 4.69) is 67.5 Å². The highest BCUT2D eigenvalue weighted by Gasteiger charge is 2.15. The lowest BCUT2D eigenvalue weighted by Crippen LogP contribution is -2.11. The van der Waals surface area contributed by atoms with Crippen LogP contribution < -0.4 is 11.1 Å². The fraction of sp³-hybridized carbons (Fsp3) is 0.267. The molecule has 0 aliphatic carbocycles. The van der Waals surface area contributed by atoms with E-state index in [1.54, 1.807) is 19.5 Å². The molecule has 1 aliphatic rings. The van der Waals surface area contributed by atoms with E-state index < -0.39 is 0 Å². The third kappa shape index (κ3) is 6.86. The van der Waals surface area contributed by atoms with Gasteiger partial charge in [0, 0.05) is 71.3 Å². The first-order valence-corrected chi connectivity index (χ1v) is 12.3. The van der Waals surface area contributed by atoms with Crippen LogP contribution in [0, 0.1) is 6.92 Å². The smallest absolute Gasteiger partial charge is 0.0454 e. The Morgan fingerprint density at radius 3 is 2.49 bits per heavy atom. The van der Waals surface area contributed by atoms with Crippen molar-refractivity contribution in [3.63, 3.8) is 0 Å². The van der Waals surface area contributed by atoms with E-state index in [1.807, 2.05) is 39.2 Å². The molecule has 1 aromatic carbocycles. The number of likely N-dealkylation sites (N-methyl/N-ethyl adjacent to an activating group) is 1. The van der Waals surface area contributed by atoms with E-state index in [-0.39, 0.29) is 0 Å². The maximum absolute atomic E-state index is 5.90. The fourth-order valence-corrected chi connectivity index (χ4v) is 4.56. The molecule has 1 heterocycles. The van der Waals surface area contributed by atoms with Gasteiger partial charge in [-0.2, -0.15) is 0 Å². The zero-order valence-electron chi connectivity index (χ0n) is 22.0. The summed E-state index contributed by atoms with van der Waals surface area (Å²) >= 11 is 4.77. The van der Waals surface area contributed by atoms with E-state index in [1.165, 1.54) is 5.56 Å². The Hall–Kier alpha value is -3.31. The molecule has 2 rings (SSSR count). The molecular formula is C30H38N4S. The Morgan fingerprint density at radius 1 is 1.17 bits per heavy atom. The number of benzene rings is 1. The molecule has 184 valence electrons. The molecule has 0 bridgehead atoms. The molecule has 0 atom stereocenters. The van der Waals surface area contributed by atoms with Crippen molar-refractivity contribution < 1.29 is 0 Å². The molecule has 0 saturated heterocycles. The molecular weight excluding hydrogens is 448 g/mol. The Labute approximate surface area is 216 Å². The van der Waals surface area contributed by atoms with Gasteiger partial charge in [-0.05, 0) is 68.5 Å².